The van der Waals surface area contributed by atoms with Crippen LogP contribution in [0.1, 0.15) is 18.5 Å². The Bertz CT molecular complexity index is 640. The number of hydrogen-bond acceptors (Lipinski definition) is 1. The third-order valence-corrected chi connectivity index (χ3v) is 3.24. The highest BCUT2D eigenvalue weighted by molar-refractivity contribution is 5.82. The van der Waals surface area contributed by atoms with Crippen LogP contribution >= 0.6 is 0 Å². The number of nitrogens with one attached hydrogen (secondary N) is 2. The third-order valence-electron chi connectivity index (χ3n) is 3.24. The van der Waals surface area contributed by atoms with Gasteiger partial charge in [-0.25, -0.2) is 0 Å². The normalized spacial score (nSPS) is 12.5. The highest BCUT2D eigenvalue weighted by Crippen LogP contribution is 2.22. The SMILES string of the molecule is CC(Nc1ccc2cc[nH]c2c1)c1ccccc1. The molecule has 0 spiro atoms. The number of hydrogen-bond donors (Lipinski definition) is 2. The second kappa shape index (κ2) is 4.57. The minimum atomic E-state index is 0.304. The van der Waals surface area contributed by atoms with Crippen molar-refractivity contribution in [3.8, 4) is 0 Å². The van der Waals surface area contributed by atoms with Crippen LogP contribution in [0, 0.1) is 0 Å². The molecule has 0 aliphatic carbocycles. The van der Waals surface area contributed by atoms with Crippen LogP contribution in [0.25, 0.3) is 10.9 Å². The van der Waals surface area contributed by atoms with Gasteiger partial charge in [0.1, 0.15) is 0 Å². The predicted octanol–water partition coefficient (Wildman–Crippen LogP) is 4.34. The molecule has 2 heteroatoms. The summed E-state index contributed by atoms with van der Waals surface area (Å²) in [5.74, 6) is 0. The number of rotatable bonds is 3. The van der Waals surface area contributed by atoms with E-state index in [2.05, 4.69) is 65.8 Å². The summed E-state index contributed by atoms with van der Waals surface area (Å²) < 4.78 is 0. The van der Waals surface area contributed by atoms with Gasteiger partial charge >= 0.3 is 0 Å². The maximum Gasteiger partial charge on any atom is 0.0485 e. The molecule has 18 heavy (non-hydrogen) atoms. The Balaban J connectivity index is 1.83. The van der Waals surface area contributed by atoms with Gasteiger partial charge in [-0.1, -0.05) is 36.4 Å². The van der Waals surface area contributed by atoms with E-state index in [1.54, 1.807) is 0 Å². The lowest BCUT2D eigenvalue weighted by atomic mass is 10.1. The highest BCUT2D eigenvalue weighted by atomic mass is 14.9. The lowest BCUT2D eigenvalue weighted by Gasteiger charge is -2.15. The van der Waals surface area contributed by atoms with Crippen LogP contribution in [0.3, 0.4) is 0 Å². The van der Waals surface area contributed by atoms with Crippen LogP contribution in [0.5, 0.6) is 0 Å². The number of benzene rings is 2. The summed E-state index contributed by atoms with van der Waals surface area (Å²) >= 11 is 0. The number of H-pyrrole nitrogens is 1. The zero-order valence-electron chi connectivity index (χ0n) is 10.4. The van der Waals surface area contributed by atoms with Gasteiger partial charge in [0.05, 0.1) is 0 Å². The van der Waals surface area contributed by atoms with Gasteiger partial charge in [0.2, 0.25) is 0 Å². The largest absolute Gasteiger partial charge is 0.378 e. The molecule has 0 saturated heterocycles. The molecule has 2 nitrogen and oxygen atoms in total. The molecule has 0 fully saturated rings. The van der Waals surface area contributed by atoms with Crippen LogP contribution in [0.4, 0.5) is 5.69 Å². The Kier molecular flexibility index (Phi) is 2.77. The number of fused-ring (bicyclic) bond motifs is 1. The first-order chi connectivity index (χ1) is 8.83. The Labute approximate surface area is 107 Å². The number of anilines is 1. The Morgan fingerprint density at radius 1 is 1.00 bits per heavy atom. The van der Waals surface area contributed by atoms with Crippen LogP contribution in [-0.4, -0.2) is 4.98 Å². The molecule has 3 aromatic rings. The van der Waals surface area contributed by atoms with E-state index in [-0.39, 0.29) is 0 Å². The van der Waals surface area contributed by atoms with Crippen molar-refractivity contribution in [3.63, 3.8) is 0 Å². The van der Waals surface area contributed by atoms with E-state index >= 15 is 0 Å². The van der Waals surface area contributed by atoms with Crippen molar-refractivity contribution in [2.75, 3.05) is 5.32 Å². The van der Waals surface area contributed by atoms with E-state index in [9.17, 15) is 0 Å². The maximum absolute atomic E-state index is 3.52. The molecule has 1 atom stereocenters. The first-order valence-electron chi connectivity index (χ1n) is 6.21. The van der Waals surface area contributed by atoms with Crippen molar-refractivity contribution in [1.29, 1.82) is 0 Å². The summed E-state index contributed by atoms with van der Waals surface area (Å²) in [6, 6.07) is 19.3. The summed E-state index contributed by atoms with van der Waals surface area (Å²) in [5, 5.41) is 4.76. The Hall–Kier alpha value is -2.22. The van der Waals surface area contributed by atoms with Crippen molar-refractivity contribution < 1.29 is 0 Å². The molecule has 0 aliphatic rings. The Morgan fingerprint density at radius 3 is 2.67 bits per heavy atom. The van der Waals surface area contributed by atoms with Crippen LogP contribution in [0.2, 0.25) is 0 Å². The monoisotopic (exact) mass is 236 g/mol. The average molecular weight is 236 g/mol. The quantitative estimate of drug-likeness (QED) is 0.695. The fraction of sp³-hybridized carbons (Fsp3) is 0.125. The lowest BCUT2D eigenvalue weighted by Crippen LogP contribution is -2.06. The zero-order chi connectivity index (χ0) is 12.4. The van der Waals surface area contributed by atoms with Gasteiger partial charge < -0.3 is 10.3 Å². The van der Waals surface area contributed by atoms with Crippen LogP contribution < -0.4 is 5.32 Å². The summed E-state index contributed by atoms with van der Waals surface area (Å²) in [4.78, 5) is 3.23. The van der Waals surface area contributed by atoms with Gasteiger partial charge in [0.15, 0.2) is 0 Å². The van der Waals surface area contributed by atoms with Crippen molar-refractivity contribution in [3.05, 3.63) is 66.4 Å². The molecule has 1 heterocycles. The smallest absolute Gasteiger partial charge is 0.0485 e. The molecule has 0 aliphatic heterocycles. The van der Waals surface area contributed by atoms with E-state index in [1.807, 2.05) is 12.3 Å². The molecule has 2 aromatic carbocycles. The first kappa shape index (κ1) is 10.9. The van der Waals surface area contributed by atoms with Crippen LogP contribution in [0.15, 0.2) is 60.8 Å². The van der Waals surface area contributed by atoms with Gasteiger partial charge in [-0.15, -0.1) is 0 Å². The summed E-state index contributed by atoms with van der Waals surface area (Å²) in [5.41, 5.74) is 3.60. The van der Waals surface area contributed by atoms with Crippen molar-refractivity contribution in [2.24, 2.45) is 0 Å². The summed E-state index contributed by atoms with van der Waals surface area (Å²) in [6.07, 6.45) is 1.97. The number of aromatic nitrogens is 1. The van der Waals surface area contributed by atoms with Crippen molar-refractivity contribution in [1.82, 2.24) is 4.98 Å². The molecule has 1 unspecified atom stereocenters. The second-order valence-corrected chi connectivity index (χ2v) is 4.56. The van der Waals surface area contributed by atoms with Crippen molar-refractivity contribution in [2.45, 2.75) is 13.0 Å². The van der Waals surface area contributed by atoms with Crippen LogP contribution in [-0.2, 0) is 0 Å². The molecule has 0 amide bonds. The first-order valence-corrected chi connectivity index (χ1v) is 6.21. The molecular weight excluding hydrogens is 220 g/mol. The molecule has 1 aromatic heterocycles. The average Bonchev–Trinajstić information content (AvgIpc) is 2.87. The second-order valence-electron chi connectivity index (χ2n) is 4.56. The Morgan fingerprint density at radius 2 is 1.83 bits per heavy atom. The van der Waals surface area contributed by atoms with Gasteiger partial charge in [-0.05, 0) is 36.1 Å². The topological polar surface area (TPSA) is 27.8 Å². The fourth-order valence-corrected chi connectivity index (χ4v) is 2.21. The molecule has 0 bridgehead atoms. The van der Waals surface area contributed by atoms with E-state index in [1.165, 1.54) is 16.5 Å². The standard InChI is InChI=1S/C16H16N2/c1-12(13-5-3-2-4-6-13)18-15-8-7-14-9-10-17-16(14)11-15/h2-12,17-18H,1H3. The predicted molar refractivity (Wildman–Crippen MR) is 76.8 cm³/mol. The fourth-order valence-electron chi connectivity index (χ4n) is 2.21. The van der Waals surface area contributed by atoms with Gasteiger partial charge in [-0.3, -0.25) is 0 Å². The molecule has 0 radical (unpaired) electrons. The molecule has 0 saturated carbocycles. The third kappa shape index (κ3) is 2.09. The summed E-state index contributed by atoms with van der Waals surface area (Å²) in [7, 11) is 0. The maximum atomic E-state index is 3.52. The summed E-state index contributed by atoms with van der Waals surface area (Å²) in [6.45, 7) is 2.17. The van der Waals surface area contributed by atoms with Gasteiger partial charge in [-0.2, -0.15) is 0 Å². The highest BCUT2D eigenvalue weighted by Gasteiger charge is 2.04. The minimum absolute atomic E-state index is 0.304. The lowest BCUT2D eigenvalue weighted by molar-refractivity contribution is 0.885. The number of aromatic amines is 1. The van der Waals surface area contributed by atoms with Gasteiger partial charge in [0, 0.05) is 23.4 Å². The van der Waals surface area contributed by atoms with E-state index in [0.717, 1.165) is 5.69 Å². The molecule has 2 N–H and O–H groups in total. The molecule has 90 valence electrons. The molecular formula is C16H16N2. The minimum Gasteiger partial charge on any atom is -0.378 e. The van der Waals surface area contributed by atoms with Crippen molar-refractivity contribution >= 4 is 16.6 Å². The zero-order valence-corrected chi connectivity index (χ0v) is 10.4. The van der Waals surface area contributed by atoms with Gasteiger partial charge in [0.25, 0.3) is 0 Å². The van der Waals surface area contributed by atoms with E-state index in [4.69, 9.17) is 0 Å². The van der Waals surface area contributed by atoms with E-state index in [0.29, 0.717) is 6.04 Å². The van der Waals surface area contributed by atoms with E-state index < -0.39 is 0 Å². The molecule has 3 rings (SSSR count).